The number of carbonyl (C=O) groups is 2. The zero-order valence-electron chi connectivity index (χ0n) is 19.4. The summed E-state index contributed by atoms with van der Waals surface area (Å²) >= 11 is 0. The van der Waals surface area contributed by atoms with E-state index in [0.717, 1.165) is 12.8 Å². The lowest BCUT2D eigenvalue weighted by Gasteiger charge is -2.08. The highest BCUT2D eigenvalue weighted by molar-refractivity contribution is 5.69. The third kappa shape index (κ3) is 26.7. The number of unbranched alkanes of at least 4 members (excludes halogenated alkanes) is 4. The Morgan fingerprint density at radius 3 is 1.32 bits per heavy atom. The van der Waals surface area contributed by atoms with E-state index in [4.69, 9.17) is 33.2 Å². The van der Waals surface area contributed by atoms with Crippen molar-refractivity contribution < 1.29 is 42.7 Å². The van der Waals surface area contributed by atoms with Gasteiger partial charge >= 0.3 is 11.9 Å². The lowest BCUT2D eigenvalue weighted by atomic mass is 10.1. The number of hydrogen-bond acceptors (Lipinski definition) is 9. The molecule has 0 atom stereocenters. The number of ether oxygens (including phenoxy) is 7. The van der Waals surface area contributed by atoms with Gasteiger partial charge in [-0.15, -0.1) is 0 Å². The van der Waals surface area contributed by atoms with Gasteiger partial charge in [0, 0.05) is 13.3 Å². The Hall–Kier alpha value is -1.26. The highest BCUT2D eigenvalue weighted by Crippen LogP contribution is 2.05. The molecular formula is C22H42O9. The summed E-state index contributed by atoms with van der Waals surface area (Å²) in [7, 11) is 0. The van der Waals surface area contributed by atoms with E-state index in [0.29, 0.717) is 72.5 Å². The maximum absolute atomic E-state index is 11.5. The zero-order chi connectivity index (χ0) is 22.8. The van der Waals surface area contributed by atoms with E-state index in [2.05, 4.69) is 6.92 Å². The molecule has 0 rings (SSSR count). The smallest absolute Gasteiger partial charge is 0.305 e. The van der Waals surface area contributed by atoms with E-state index in [1.54, 1.807) is 0 Å². The molecule has 0 aliphatic rings. The van der Waals surface area contributed by atoms with E-state index >= 15 is 0 Å². The van der Waals surface area contributed by atoms with Gasteiger partial charge in [-0.1, -0.05) is 32.6 Å². The normalized spacial score (nSPS) is 10.9. The van der Waals surface area contributed by atoms with Gasteiger partial charge in [0.1, 0.15) is 13.2 Å². The summed E-state index contributed by atoms with van der Waals surface area (Å²) in [5.41, 5.74) is 0. The second kappa shape index (κ2) is 25.0. The van der Waals surface area contributed by atoms with Crippen LogP contribution in [0.2, 0.25) is 0 Å². The first-order valence-corrected chi connectivity index (χ1v) is 11.3. The van der Waals surface area contributed by atoms with Gasteiger partial charge in [0.25, 0.3) is 0 Å². The number of carbonyl (C=O) groups excluding carboxylic acids is 2. The van der Waals surface area contributed by atoms with E-state index in [1.807, 2.05) is 0 Å². The molecule has 9 nitrogen and oxygen atoms in total. The molecule has 0 heterocycles. The molecule has 0 amide bonds. The van der Waals surface area contributed by atoms with Crippen molar-refractivity contribution in [2.45, 2.75) is 52.4 Å². The van der Waals surface area contributed by atoms with Crippen molar-refractivity contribution in [1.82, 2.24) is 0 Å². The number of rotatable bonds is 24. The third-order valence-corrected chi connectivity index (χ3v) is 4.00. The first-order chi connectivity index (χ1) is 15.2. The summed E-state index contributed by atoms with van der Waals surface area (Å²) in [6.45, 7) is 8.59. The standard InChI is InChI=1S/C22H42O9/c1-3-4-5-6-7-8-22(24)31-20-18-29-16-14-27-12-10-25-9-11-26-13-15-28-17-19-30-21(2)23/h3-20H2,1-2H3. The van der Waals surface area contributed by atoms with Crippen LogP contribution in [0.4, 0.5) is 0 Å². The second-order valence-electron chi connectivity index (χ2n) is 6.79. The summed E-state index contributed by atoms with van der Waals surface area (Å²) in [5, 5.41) is 0. The summed E-state index contributed by atoms with van der Waals surface area (Å²) in [6.07, 6.45) is 6.08. The van der Waals surface area contributed by atoms with Crippen molar-refractivity contribution in [3.05, 3.63) is 0 Å². The van der Waals surface area contributed by atoms with Crippen molar-refractivity contribution >= 4 is 11.9 Å². The summed E-state index contributed by atoms with van der Waals surface area (Å²) in [4.78, 5) is 22.1. The minimum atomic E-state index is -0.310. The van der Waals surface area contributed by atoms with Crippen LogP contribution < -0.4 is 0 Å². The minimum Gasteiger partial charge on any atom is -0.463 e. The molecule has 0 saturated carbocycles. The van der Waals surface area contributed by atoms with E-state index in [1.165, 1.54) is 26.2 Å². The molecule has 0 aromatic heterocycles. The van der Waals surface area contributed by atoms with Gasteiger partial charge in [-0.05, 0) is 6.42 Å². The topological polar surface area (TPSA) is 98.8 Å². The fourth-order valence-corrected chi connectivity index (χ4v) is 2.39. The van der Waals surface area contributed by atoms with E-state index in [-0.39, 0.29) is 25.2 Å². The molecule has 0 fully saturated rings. The summed E-state index contributed by atoms with van der Waals surface area (Å²) < 4.78 is 36.6. The molecule has 0 aliphatic carbocycles. The fraction of sp³-hybridized carbons (Fsp3) is 0.909. The van der Waals surface area contributed by atoms with Gasteiger partial charge in [-0.2, -0.15) is 0 Å². The Bertz CT molecular complexity index is 404. The van der Waals surface area contributed by atoms with E-state index < -0.39 is 0 Å². The molecule has 0 radical (unpaired) electrons. The highest BCUT2D eigenvalue weighted by atomic mass is 16.6. The fourth-order valence-electron chi connectivity index (χ4n) is 2.39. The SMILES string of the molecule is CCCCCCCC(=O)OCCOCCOCCOCCOCCOCCOC(C)=O. The number of esters is 2. The van der Waals surface area contributed by atoms with Crippen LogP contribution in [0.3, 0.4) is 0 Å². The molecule has 184 valence electrons. The van der Waals surface area contributed by atoms with Crippen LogP contribution in [-0.4, -0.2) is 91.2 Å². The molecule has 31 heavy (non-hydrogen) atoms. The van der Waals surface area contributed by atoms with Gasteiger partial charge < -0.3 is 33.2 Å². The van der Waals surface area contributed by atoms with Crippen molar-refractivity contribution in [3.63, 3.8) is 0 Å². The first kappa shape index (κ1) is 29.7. The van der Waals surface area contributed by atoms with Crippen molar-refractivity contribution in [3.8, 4) is 0 Å². The molecule has 0 bridgehead atoms. The van der Waals surface area contributed by atoms with Crippen LogP contribution in [0.25, 0.3) is 0 Å². The van der Waals surface area contributed by atoms with Crippen molar-refractivity contribution in [2.24, 2.45) is 0 Å². The lowest BCUT2D eigenvalue weighted by molar-refractivity contribution is -0.145. The molecule has 0 unspecified atom stereocenters. The average molecular weight is 451 g/mol. The molecule has 0 aromatic rings. The monoisotopic (exact) mass is 450 g/mol. The predicted molar refractivity (Wildman–Crippen MR) is 115 cm³/mol. The molecule has 0 spiro atoms. The Balaban J connectivity index is 3.10. The van der Waals surface area contributed by atoms with Crippen LogP contribution in [0.5, 0.6) is 0 Å². The van der Waals surface area contributed by atoms with E-state index in [9.17, 15) is 9.59 Å². The molecule has 9 heteroatoms. The molecule has 0 aromatic carbocycles. The van der Waals surface area contributed by atoms with Crippen molar-refractivity contribution in [2.75, 3.05) is 79.3 Å². The maximum Gasteiger partial charge on any atom is 0.305 e. The predicted octanol–water partition coefficient (Wildman–Crippen LogP) is 2.54. The molecule has 0 aliphatic heterocycles. The van der Waals surface area contributed by atoms with Crippen LogP contribution in [0.1, 0.15) is 52.4 Å². The largest absolute Gasteiger partial charge is 0.463 e. The Labute approximate surface area is 187 Å². The van der Waals surface area contributed by atoms with Gasteiger partial charge in [0.15, 0.2) is 0 Å². The summed E-state index contributed by atoms with van der Waals surface area (Å²) in [5.74, 6) is -0.459. The van der Waals surface area contributed by atoms with Crippen LogP contribution in [-0.2, 0) is 42.7 Å². The number of hydrogen-bond donors (Lipinski definition) is 0. The molecule has 0 saturated heterocycles. The zero-order valence-corrected chi connectivity index (χ0v) is 19.4. The van der Waals surface area contributed by atoms with Crippen LogP contribution in [0.15, 0.2) is 0 Å². The lowest BCUT2D eigenvalue weighted by Crippen LogP contribution is -2.15. The summed E-state index contributed by atoms with van der Waals surface area (Å²) in [6, 6.07) is 0. The van der Waals surface area contributed by atoms with Gasteiger partial charge in [-0.25, -0.2) is 0 Å². The van der Waals surface area contributed by atoms with Crippen molar-refractivity contribution in [1.29, 1.82) is 0 Å². The van der Waals surface area contributed by atoms with Crippen LogP contribution >= 0.6 is 0 Å². The Morgan fingerprint density at radius 1 is 0.516 bits per heavy atom. The Kier molecular flexibility index (Phi) is 24.0. The molecular weight excluding hydrogens is 408 g/mol. The van der Waals surface area contributed by atoms with Gasteiger partial charge in [0.05, 0.1) is 66.1 Å². The van der Waals surface area contributed by atoms with Gasteiger partial charge in [0.2, 0.25) is 0 Å². The highest BCUT2D eigenvalue weighted by Gasteiger charge is 2.02. The maximum atomic E-state index is 11.5. The Morgan fingerprint density at radius 2 is 0.903 bits per heavy atom. The molecule has 0 N–H and O–H groups in total. The third-order valence-electron chi connectivity index (χ3n) is 4.00. The van der Waals surface area contributed by atoms with Crippen LogP contribution in [0, 0.1) is 0 Å². The minimum absolute atomic E-state index is 0.149. The average Bonchev–Trinajstić information content (AvgIpc) is 2.75. The first-order valence-electron chi connectivity index (χ1n) is 11.3. The second-order valence-corrected chi connectivity index (χ2v) is 6.79. The van der Waals surface area contributed by atoms with Gasteiger partial charge in [-0.3, -0.25) is 9.59 Å². The quantitative estimate of drug-likeness (QED) is 0.162.